The minimum atomic E-state index is -3.17. The van der Waals surface area contributed by atoms with Crippen LogP contribution in [-0.2, 0) is 22.0 Å². The smallest absolute Gasteiger partial charge is 0.175 e. The van der Waals surface area contributed by atoms with Crippen LogP contribution in [0, 0.1) is 0 Å². The van der Waals surface area contributed by atoms with E-state index in [9.17, 15) is 13.5 Å². The summed E-state index contributed by atoms with van der Waals surface area (Å²) in [7, 11) is 0.834. The van der Waals surface area contributed by atoms with E-state index in [0.29, 0.717) is 11.3 Å². The summed E-state index contributed by atoms with van der Waals surface area (Å²) in [5, 5.41) is 11.4. The number of sulfone groups is 1. The number of likely N-dealkylation sites (tertiary alicyclic amines) is 1. The van der Waals surface area contributed by atoms with E-state index in [1.807, 2.05) is 56.6 Å². The SMILES string of the molecule is CN(C)[C@@H]1CN(Cc2ccc(S(C)(=O)=O)cc2)CC[C@]1(O)c1ccccc1. The average Bonchev–Trinajstić information content (AvgIpc) is 2.63. The summed E-state index contributed by atoms with van der Waals surface area (Å²) in [5.74, 6) is 0. The first-order valence-corrected chi connectivity index (χ1v) is 11.0. The number of hydrogen-bond donors (Lipinski definition) is 1. The van der Waals surface area contributed by atoms with Crippen molar-refractivity contribution in [2.75, 3.05) is 33.4 Å². The molecular weight excluding hydrogens is 360 g/mol. The fourth-order valence-electron chi connectivity index (χ4n) is 3.88. The topological polar surface area (TPSA) is 60.9 Å². The van der Waals surface area contributed by atoms with Gasteiger partial charge in [-0.15, -0.1) is 0 Å². The highest BCUT2D eigenvalue weighted by Gasteiger charge is 2.43. The summed E-state index contributed by atoms with van der Waals surface area (Å²) in [4.78, 5) is 4.75. The van der Waals surface area contributed by atoms with Gasteiger partial charge in [0.25, 0.3) is 0 Å². The standard InChI is InChI=1S/C21H28N2O3S/c1-22(2)20-16-23(14-13-21(20,24)18-7-5-4-6-8-18)15-17-9-11-19(12-10-17)27(3,25)26/h4-12,20,24H,13-16H2,1-3H3/t20-,21+/m1/s1. The molecule has 1 saturated heterocycles. The first-order valence-electron chi connectivity index (χ1n) is 9.16. The lowest BCUT2D eigenvalue weighted by Gasteiger charge is -2.47. The predicted octanol–water partition coefficient (Wildman–Crippen LogP) is 2.11. The van der Waals surface area contributed by atoms with Crippen LogP contribution >= 0.6 is 0 Å². The second kappa shape index (κ2) is 7.72. The molecule has 27 heavy (non-hydrogen) atoms. The highest BCUT2D eigenvalue weighted by molar-refractivity contribution is 7.90. The Balaban J connectivity index is 1.75. The molecule has 6 heteroatoms. The van der Waals surface area contributed by atoms with Crippen molar-refractivity contribution in [2.24, 2.45) is 0 Å². The van der Waals surface area contributed by atoms with Crippen molar-refractivity contribution >= 4 is 9.84 Å². The van der Waals surface area contributed by atoms with Crippen LogP contribution in [0.4, 0.5) is 0 Å². The van der Waals surface area contributed by atoms with E-state index in [1.165, 1.54) is 6.26 Å². The monoisotopic (exact) mass is 388 g/mol. The quantitative estimate of drug-likeness (QED) is 0.850. The fraction of sp³-hybridized carbons (Fsp3) is 0.429. The Morgan fingerprint density at radius 3 is 2.30 bits per heavy atom. The van der Waals surface area contributed by atoms with Crippen molar-refractivity contribution in [3.8, 4) is 0 Å². The number of benzene rings is 2. The Hall–Kier alpha value is -1.73. The lowest BCUT2D eigenvalue weighted by Crippen LogP contribution is -2.58. The van der Waals surface area contributed by atoms with Crippen molar-refractivity contribution < 1.29 is 13.5 Å². The van der Waals surface area contributed by atoms with Gasteiger partial charge in [-0.2, -0.15) is 0 Å². The summed E-state index contributed by atoms with van der Waals surface area (Å²) >= 11 is 0. The van der Waals surface area contributed by atoms with Crippen LogP contribution in [0.3, 0.4) is 0 Å². The van der Waals surface area contributed by atoms with Crippen molar-refractivity contribution in [2.45, 2.75) is 29.5 Å². The van der Waals surface area contributed by atoms with Gasteiger partial charge < -0.3 is 10.0 Å². The third-order valence-electron chi connectivity index (χ3n) is 5.45. The summed E-state index contributed by atoms with van der Waals surface area (Å²) in [5.41, 5.74) is 1.16. The molecule has 1 aliphatic heterocycles. The molecule has 0 spiro atoms. The van der Waals surface area contributed by atoms with Crippen molar-refractivity contribution in [3.05, 3.63) is 65.7 Å². The van der Waals surface area contributed by atoms with Gasteiger partial charge in [0.1, 0.15) is 5.60 Å². The molecule has 0 amide bonds. The normalized spacial score (nSPS) is 24.3. The van der Waals surface area contributed by atoms with Gasteiger partial charge in [-0.25, -0.2) is 8.42 Å². The maximum Gasteiger partial charge on any atom is 0.175 e. The second-order valence-electron chi connectivity index (χ2n) is 7.67. The molecule has 1 heterocycles. The van der Waals surface area contributed by atoms with Crippen molar-refractivity contribution in [1.82, 2.24) is 9.80 Å². The third-order valence-corrected chi connectivity index (χ3v) is 6.57. The number of rotatable bonds is 5. The Labute approximate surface area is 162 Å². The largest absolute Gasteiger partial charge is 0.383 e. The van der Waals surface area contributed by atoms with Crippen LogP contribution in [0.5, 0.6) is 0 Å². The molecule has 2 atom stereocenters. The van der Waals surface area contributed by atoms with Gasteiger partial charge in [0, 0.05) is 25.9 Å². The summed E-state index contributed by atoms with van der Waals surface area (Å²) in [6, 6.07) is 16.9. The molecule has 1 fully saturated rings. The number of piperidine rings is 1. The molecule has 0 aliphatic carbocycles. The van der Waals surface area contributed by atoms with Crippen LogP contribution < -0.4 is 0 Å². The van der Waals surface area contributed by atoms with Crippen LogP contribution in [0.2, 0.25) is 0 Å². The third kappa shape index (κ3) is 4.41. The van der Waals surface area contributed by atoms with Gasteiger partial charge in [0.15, 0.2) is 9.84 Å². The summed E-state index contributed by atoms with van der Waals surface area (Å²) in [6.07, 6.45) is 1.88. The minimum Gasteiger partial charge on any atom is -0.383 e. The maximum absolute atomic E-state index is 11.6. The lowest BCUT2D eigenvalue weighted by molar-refractivity contribution is -0.0892. The molecule has 0 saturated carbocycles. The molecule has 2 aromatic rings. The molecule has 0 radical (unpaired) electrons. The Kier molecular flexibility index (Phi) is 5.72. The Bertz CT molecular complexity index is 866. The zero-order chi connectivity index (χ0) is 19.7. The molecule has 0 aromatic heterocycles. The average molecular weight is 389 g/mol. The predicted molar refractivity (Wildman–Crippen MR) is 107 cm³/mol. The molecule has 146 valence electrons. The molecular formula is C21H28N2O3S. The van der Waals surface area contributed by atoms with E-state index in [0.717, 1.165) is 30.8 Å². The van der Waals surface area contributed by atoms with Gasteiger partial charge >= 0.3 is 0 Å². The van der Waals surface area contributed by atoms with Gasteiger partial charge in [-0.05, 0) is 43.8 Å². The molecule has 3 rings (SSSR count). The molecule has 2 aromatic carbocycles. The Morgan fingerprint density at radius 2 is 1.74 bits per heavy atom. The van der Waals surface area contributed by atoms with Crippen LogP contribution in [0.25, 0.3) is 0 Å². The van der Waals surface area contributed by atoms with E-state index < -0.39 is 15.4 Å². The van der Waals surface area contributed by atoms with Crippen LogP contribution in [0.15, 0.2) is 59.5 Å². The molecule has 1 aliphatic rings. The molecule has 0 bridgehead atoms. The van der Waals surface area contributed by atoms with Crippen LogP contribution in [-0.4, -0.2) is 62.8 Å². The molecule has 1 N–H and O–H groups in total. The van der Waals surface area contributed by atoms with E-state index in [2.05, 4.69) is 9.80 Å². The van der Waals surface area contributed by atoms with E-state index >= 15 is 0 Å². The van der Waals surface area contributed by atoms with E-state index in [-0.39, 0.29) is 6.04 Å². The first kappa shape index (κ1) is 20.0. The first-order chi connectivity index (χ1) is 12.7. The van der Waals surface area contributed by atoms with Crippen molar-refractivity contribution in [1.29, 1.82) is 0 Å². The number of nitrogens with zero attached hydrogens (tertiary/aromatic N) is 2. The van der Waals surface area contributed by atoms with E-state index in [1.54, 1.807) is 12.1 Å². The van der Waals surface area contributed by atoms with Gasteiger partial charge in [0.2, 0.25) is 0 Å². The maximum atomic E-state index is 11.6. The lowest BCUT2D eigenvalue weighted by atomic mass is 9.79. The van der Waals surface area contributed by atoms with E-state index in [4.69, 9.17) is 0 Å². The minimum absolute atomic E-state index is 0.0241. The number of likely N-dealkylation sites (N-methyl/N-ethyl adjacent to an activating group) is 1. The summed E-state index contributed by atoms with van der Waals surface area (Å²) < 4.78 is 23.2. The van der Waals surface area contributed by atoms with Crippen molar-refractivity contribution in [3.63, 3.8) is 0 Å². The second-order valence-corrected chi connectivity index (χ2v) is 9.69. The van der Waals surface area contributed by atoms with Crippen LogP contribution in [0.1, 0.15) is 17.5 Å². The molecule has 0 unspecified atom stereocenters. The number of aliphatic hydroxyl groups is 1. The van der Waals surface area contributed by atoms with Gasteiger partial charge in [-0.3, -0.25) is 4.90 Å². The highest BCUT2D eigenvalue weighted by Crippen LogP contribution is 2.35. The Morgan fingerprint density at radius 1 is 1.11 bits per heavy atom. The van der Waals surface area contributed by atoms with Gasteiger partial charge in [0.05, 0.1) is 10.9 Å². The fourth-order valence-corrected chi connectivity index (χ4v) is 4.51. The zero-order valence-corrected chi connectivity index (χ0v) is 17.0. The zero-order valence-electron chi connectivity index (χ0n) is 16.2. The van der Waals surface area contributed by atoms with Gasteiger partial charge in [-0.1, -0.05) is 42.5 Å². The highest BCUT2D eigenvalue weighted by atomic mass is 32.2. The number of hydrogen-bond acceptors (Lipinski definition) is 5. The summed E-state index contributed by atoms with van der Waals surface area (Å²) in [6.45, 7) is 2.26. The molecule has 5 nitrogen and oxygen atoms in total.